The first kappa shape index (κ1) is 13.8. The lowest BCUT2D eigenvalue weighted by atomic mass is 9.97. The fourth-order valence-corrected chi connectivity index (χ4v) is 3.89. The lowest BCUT2D eigenvalue weighted by Gasteiger charge is -2.29. The fourth-order valence-electron chi connectivity index (χ4n) is 2.48. The maximum atomic E-state index is 13.3. The predicted molar refractivity (Wildman–Crippen MR) is 76.0 cm³/mol. The second-order valence-electron chi connectivity index (χ2n) is 4.95. The Morgan fingerprint density at radius 2 is 2.33 bits per heavy atom. The number of halogens is 1. The molecule has 100 valence electrons. The van der Waals surface area contributed by atoms with Gasteiger partial charge in [0.1, 0.15) is 5.82 Å². The molecular formula is C14H21FN2S. The van der Waals surface area contributed by atoms with Gasteiger partial charge in [0.25, 0.3) is 0 Å². The van der Waals surface area contributed by atoms with Crippen molar-refractivity contribution in [1.29, 1.82) is 0 Å². The summed E-state index contributed by atoms with van der Waals surface area (Å²) in [5.41, 5.74) is 5.12. The number of hydrogen-bond donors (Lipinski definition) is 2. The summed E-state index contributed by atoms with van der Waals surface area (Å²) in [7, 11) is 0. The summed E-state index contributed by atoms with van der Waals surface area (Å²) in [6.07, 6.45) is 4.58. The van der Waals surface area contributed by atoms with Crippen LogP contribution in [-0.4, -0.2) is 17.0 Å². The Bertz CT molecular complexity index is 391. The molecule has 2 unspecified atom stereocenters. The lowest BCUT2D eigenvalue weighted by Crippen LogP contribution is -2.45. The summed E-state index contributed by atoms with van der Waals surface area (Å²) in [4.78, 5) is 0. The maximum absolute atomic E-state index is 13.3. The van der Waals surface area contributed by atoms with Gasteiger partial charge >= 0.3 is 0 Å². The van der Waals surface area contributed by atoms with E-state index in [-0.39, 0.29) is 11.9 Å². The highest BCUT2D eigenvalue weighted by Crippen LogP contribution is 2.29. The summed E-state index contributed by atoms with van der Waals surface area (Å²) in [6.45, 7) is 2.02. The topological polar surface area (TPSA) is 38.0 Å². The zero-order valence-corrected chi connectivity index (χ0v) is 11.6. The highest BCUT2D eigenvalue weighted by atomic mass is 32.2. The number of hydrogen-bond acceptors (Lipinski definition) is 3. The number of aryl methyl sites for hydroxylation is 1. The van der Waals surface area contributed by atoms with Gasteiger partial charge in [-0.25, -0.2) is 4.39 Å². The molecule has 0 saturated carbocycles. The third kappa shape index (κ3) is 3.46. The van der Waals surface area contributed by atoms with E-state index in [1.165, 1.54) is 31.1 Å². The number of thioether (sulfide) groups is 1. The summed E-state index contributed by atoms with van der Waals surface area (Å²) in [5, 5.41) is 0.548. The van der Waals surface area contributed by atoms with Crippen LogP contribution in [0.3, 0.4) is 0 Å². The smallest absolute Gasteiger partial charge is 0.123 e. The van der Waals surface area contributed by atoms with Crippen molar-refractivity contribution in [2.24, 2.45) is 5.84 Å². The van der Waals surface area contributed by atoms with E-state index in [1.807, 2.05) is 24.8 Å². The van der Waals surface area contributed by atoms with Crippen LogP contribution in [0.4, 0.5) is 4.39 Å². The third-order valence-electron chi connectivity index (χ3n) is 3.63. The minimum Gasteiger partial charge on any atom is -0.271 e. The predicted octanol–water partition coefficient (Wildman–Crippen LogP) is 2.79. The van der Waals surface area contributed by atoms with Gasteiger partial charge < -0.3 is 0 Å². The van der Waals surface area contributed by atoms with Crippen LogP contribution in [0.2, 0.25) is 0 Å². The molecule has 4 heteroatoms. The Morgan fingerprint density at radius 1 is 1.50 bits per heavy atom. The number of benzene rings is 1. The number of hydrazine groups is 1. The zero-order chi connectivity index (χ0) is 13.0. The zero-order valence-electron chi connectivity index (χ0n) is 10.8. The van der Waals surface area contributed by atoms with E-state index in [0.717, 1.165) is 17.5 Å². The van der Waals surface area contributed by atoms with Gasteiger partial charge in [0, 0.05) is 11.3 Å². The SMILES string of the molecule is Cc1ccc(F)cc1CC(NN)C1CCCCS1. The quantitative estimate of drug-likeness (QED) is 0.651. The lowest BCUT2D eigenvalue weighted by molar-refractivity contribution is 0.470. The first-order valence-corrected chi connectivity index (χ1v) is 7.58. The summed E-state index contributed by atoms with van der Waals surface area (Å²) >= 11 is 1.99. The van der Waals surface area contributed by atoms with E-state index in [2.05, 4.69) is 5.43 Å². The van der Waals surface area contributed by atoms with E-state index in [1.54, 1.807) is 6.07 Å². The van der Waals surface area contributed by atoms with Crippen molar-refractivity contribution in [3.05, 3.63) is 35.1 Å². The van der Waals surface area contributed by atoms with Crippen molar-refractivity contribution in [2.45, 2.75) is 43.9 Å². The molecule has 0 aromatic heterocycles. The van der Waals surface area contributed by atoms with Crippen molar-refractivity contribution >= 4 is 11.8 Å². The molecule has 1 fully saturated rings. The Kier molecular flexibility index (Phi) is 5.03. The van der Waals surface area contributed by atoms with Gasteiger partial charge in [-0.05, 0) is 55.2 Å². The average Bonchev–Trinajstić information content (AvgIpc) is 2.41. The Labute approximate surface area is 112 Å². The Balaban J connectivity index is 2.06. The standard InChI is InChI=1S/C14H21FN2S/c1-10-5-6-12(15)8-11(10)9-13(17-16)14-4-2-3-7-18-14/h5-6,8,13-14,17H,2-4,7,9,16H2,1H3. The molecule has 0 radical (unpaired) electrons. The van der Waals surface area contributed by atoms with E-state index in [0.29, 0.717) is 5.25 Å². The molecule has 1 aliphatic rings. The van der Waals surface area contributed by atoms with Crippen molar-refractivity contribution in [1.82, 2.24) is 5.43 Å². The molecule has 0 aliphatic carbocycles. The minimum absolute atomic E-state index is 0.164. The first-order chi connectivity index (χ1) is 8.70. The van der Waals surface area contributed by atoms with Gasteiger partial charge in [0.2, 0.25) is 0 Å². The minimum atomic E-state index is -0.164. The molecule has 18 heavy (non-hydrogen) atoms. The molecule has 0 bridgehead atoms. The highest BCUT2D eigenvalue weighted by Gasteiger charge is 2.24. The van der Waals surface area contributed by atoms with Gasteiger partial charge in [0.15, 0.2) is 0 Å². The van der Waals surface area contributed by atoms with E-state index in [4.69, 9.17) is 5.84 Å². The maximum Gasteiger partial charge on any atom is 0.123 e. The van der Waals surface area contributed by atoms with E-state index < -0.39 is 0 Å². The van der Waals surface area contributed by atoms with Crippen LogP contribution in [0.15, 0.2) is 18.2 Å². The molecule has 2 nitrogen and oxygen atoms in total. The van der Waals surface area contributed by atoms with Crippen LogP contribution in [0, 0.1) is 12.7 Å². The van der Waals surface area contributed by atoms with E-state index >= 15 is 0 Å². The molecule has 0 amide bonds. The number of rotatable bonds is 4. The van der Waals surface area contributed by atoms with Crippen molar-refractivity contribution in [3.63, 3.8) is 0 Å². The molecule has 1 aromatic carbocycles. The summed E-state index contributed by atoms with van der Waals surface area (Å²) in [5.74, 6) is 6.73. The van der Waals surface area contributed by atoms with Crippen LogP contribution in [0.1, 0.15) is 30.4 Å². The second-order valence-corrected chi connectivity index (χ2v) is 6.30. The molecule has 0 spiro atoms. The normalized spacial score (nSPS) is 21.8. The molecule has 1 aliphatic heterocycles. The molecule has 2 rings (SSSR count). The largest absolute Gasteiger partial charge is 0.271 e. The Morgan fingerprint density at radius 3 is 3.00 bits per heavy atom. The van der Waals surface area contributed by atoms with Crippen LogP contribution in [-0.2, 0) is 6.42 Å². The number of nitrogens with one attached hydrogen (secondary N) is 1. The summed E-state index contributed by atoms with van der Waals surface area (Å²) < 4.78 is 13.3. The van der Waals surface area contributed by atoms with Crippen molar-refractivity contribution < 1.29 is 4.39 Å². The molecule has 1 aromatic rings. The number of nitrogens with two attached hydrogens (primary N) is 1. The average molecular weight is 268 g/mol. The first-order valence-electron chi connectivity index (χ1n) is 6.53. The molecule has 1 heterocycles. The van der Waals surface area contributed by atoms with Crippen LogP contribution < -0.4 is 11.3 Å². The van der Waals surface area contributed by atoms with Crippen LogP contribution in [0.25, 0.3) is 0 Å². The second kappa shape index (κ2) is 6.55. The molecular weight excluding hydrogens is 247 g/mol. The third-order valence-corrected chi connectivity index (χ3v) is 5.15. The Hall–Kier alpha value is -0.580. The molecule has 1 saturated heterocycles. The van der Waals surface area contributed by atoms with Crippen molar-refractivity contribution in [3.8, 4) is 0 Å². The van der Waals surface area contributed by atoms with Gasteiger partial charge in [-0.1, -0.05) is 12.5 Å². The highest BCUT2D eigenvalue weighted by molar-refractivity contribution is 8.00. The van der Waals surface area contributed by atoms with Crippen LogP contribution >= 0.6 is 11.8 Å². The van der Waals surface area contributed by atoms with Crippen LogP contribution in [0.5, 0.6) is 0 Å². The van der Waals surface area contributed by atoms with Gasteiger partial charge in [0.05, 0.1) is 0 Å². The molecule has 2 atom stereocenters. The van der Waals surface area contributed by atoms with Gasteiger partial charge in [-0.2, -0.15) is 11.8 Å². The monoisotopic (exact) mass is 268 g/mol. The van der Waals surface area contributed by atoms with Crippen molar-refractivity contribution in [2.75, 3.05) is 5.75 Å². The molecule has 3 N–H and O–H groups in total. The fraction of sp³-hybridized carbons (Fsp3) is 0.571. The van der Waals surface area contributed by atoms with Gasteiger partial charge in [-0.3, -0.25) is 11.3 Å². The summed E-state index contributed by atoms with van der Waals surface area (Å²) in [6, 6.07) is 5.22. The van der Waals surface area contributed by atoms with Gasteiger partial charge in [-0.15, -0.1) is 0 Å². The van der Waals surface area contributed by atoms with E-state index in [9.17, 15) is 4.39 Å².